The van der Waals surface area contributed by atoms with E-state index in [9.17, 15) is 17.7 Å². The van der Waals surface area contributed by atoms with Gasteiger partial charge in [0.1, 0.15) is 17.3 Å². The van der Waals surface area contributed by atoms with Crippen LogP contribution in [-0.4, -0.2) is 14.2 Å². The molecule has 1 aromatic carbocycles. The summed E-state index contributed by atoms with van der Waals surface area (Å²) in [5.74, 6) is -4.48. The quantitative estimate of drug-likeness (QED) is 0.545. The maximum Gasteiger partial charge on any atom is 0.189 e. The lowest BCUT2D eigenvalue weighted by Gasteiger charge is -2.14. The van der Waals surface area contributed by atoms with E-state index < -0.39 is 17.5 Å². The molecule has 0 aliphatic heterocycles. The molecule has 0 unspecified atom stereocenters. The van der Waals surface area contributed by atoms with E-state index in [0.29, 0.717) is 6.08 Å². The van der Waals surface area contributed by atoms with Gasteiger partial charge < -0.3 is 9.47 Å². The van der Waals surface area contributed by atoms with Gasteiger partial charge in [-0.1, -0.05) is 6.58 Å². The summed E-state index contributed by atoms with van der Waals surface area (Å²) < 4.78 is 61.7. The molecule has 0 fully saturated rings. The molecule has 7 heteroatoms. The van der Waals surface area contributed by atoms with Crippen LogP contribution < -0.4 is 14.4 Å². The third kappa shape index (κ3) is 3.81. The average molecular weight is 318 g/mol. The van der Waals surface area contributed by atoms with Crippen LogP contribution in [0, 0.1) is 0 Å². The van der Waals surface area contributed by atoms with Crippen molar-refractivity contribution in [3.63, 3.8) is 0 Å². The SMILES string of the molecule is C=C(/C=C(F)\C(F)=C(/C)F)c1c(OC)cc(OF)cc1OC. The molecule has 0 aliphatic carbocycles. The van der Waals surface area contributed by atoms with Crippen LogP contribution in [0.25, 0.3) is 5.57 Å². The van der Waals surface area contributed by atoms with Crippen molar-refractivity contribution in [2.24, 2.45) is 0 Å². The molecule has 1 rings (SSSR count). The molecular weight excluding hydrogens is 304 g/mol. The van der Waals surface area contributed by atoms with Crippen molar-refractivity contribution in [3.8, 4) is 17.2 Å². The summed E-state index contributed by atoms with van der Waals surface area (Å²) in [6.07, 6.45) is 0.675. The second-order valence-electron chi connectivity index (χ2n) is 4.14. The Morgan fingerprint density at radius 2 is 1.59 bits per heavy atom. The first-order chi connectivity index (χ1) is 10.3. The highest BCUT2D eigenvalue weighted by atomic mass is 19.3. The number of methoxy groups -OCH3 is 2. The number of ether oxygens (including phenoxy) is 2. The number of halogens is 4. The van der Waals surface area contributed by atoms with E-state index >= 15 is 0 Å². The van der Waals surface area contributed by atoms with E-state index in [1.807, 2.05) is 0 Å². The van der Waals surface area contributed by atoms with E-state index in [4.69, 9.17) is 9.47 Å². The van der Waals surface area contributed by atoms with Crippen LogP contribution in [0.2, 0.25) is 0 Å². The molecule has 0 spiro atoms. The average Bonchev–Trinajstić information content (AvgIpc) is 2.51. The second-order valence-corrected chi connectivity index (χ2v) is 4.14. The topological polar surface area (TPSA) is 27.7 Å². The highest BCUT2D eigenvalue weighted by molar-refractivity contribution is 5.81. The number of rotatable bonds is 6. The van der Waals surface area contributed by atoms with Crippen LogP contribution >= 0.6 is 0 Å². The maximum atomic E-state index is 13.6. The van der Waals surface area contributed by atoms with E-state index in [-0.39, 0.29) is 28.4 Å². The summed E-state index contributed by atoms with van der Waals surface area (Å²) >= 11 is 0. The van der Waals surface area contributed by atoms with Gasteiger partial charge in [0, 0.05) is 16.7 Å². The van der Waals surface area contributed by atoms with Gasteiger partial charge in [-0.2, -0.15) is 0 Å². The number of hydrogen-bond donors (Lipinski definition) is 0. The minimum Gasteiger partial charge on any atom is -0.496 e. The molecule has 0 N–H and O–H groups in total. The Kier molecular flexibility index (Phi) is 6.03. The lowest BCUT2D eigenvalue weighted by molar-refractivity contribution is -0.00664. The van der Waals surface area contributed by atoms with Crippen molar-refractivity contribution in [2.75, 3.05) is 14.2 Å². The molecule has 0 aliphatic rings. The maximum absolute atomic E-state index is 13.6. The summed E-state index contributed by atoms with van der Waals surface area (Å²) in [6, 6.07) is 2.34. The molecule has 0 saturated carbocycles. The molecule has 22 heavy (non-hydrogen) atoms. The highest BCUT2D eigenvalue weighted by Crippen LogP contribution is 2.39. The van der Waals surface area contributed by atoms with Gasteiger partial charge in [0.15, 0.2) is 17.4 Å². The van der Waals surface area contributed by atoms with Crippen LogP contribution in [0.15, 0.2) is 42.3 Å². The van der Waals surface area contributed by atoms with Crippen molar-refractivity contribution in [1.29, 1.82) is 0 Å². The molecule has 0 atom stereocenters. The van der Waals surface area contributed by atoms with E-state index in [1.54, 1.807) is 0 Å². The molecular formula is C15H14F4O3. The third-order valence-electron chi connectivity index (χ3n) is 2.70. The van der Waals surface area contributed by atoms with Gasteiger partial charge in [0.25, 0.3) is 0 Å². The van der Waals surface area contributed by atoms with Crippen LogP contribution in [0.1, 0.15) is 12.5 Å². The number of hydrogen-bond acceptors (Lipinski definition) is 3. The van der Waals surface area contributed by atoms with Crippen LogP contribution in [0.4, 0.5) is 17.7 Å². The standard InChI is InChI=1S/C15H14F4O3/c1-8(5-11(17)15(18)9(2)16)14-12(20-3)6-10(22-19)7-13(14)21-4/h5-7H,1H2,2-4H3/b11-5+,15-9-. The zero-order valence-electron chi connectivity index (χ0n) is 12.2. The fourth-order valence-corrected chi connectivity index (χ4v) is 1.70. The van der Waals surface area contributed by atoms with Gasteiger partial charge in [-0.25, -0.2) is 13.2 Å². The van der Waals surface area contributed by atoms with Gasteiger partial charge >= 0.3 is 0 Å². The Bertz CT molecular complexity index is 607. The Morgan fingerprint density at radius 3 is 1.95 bits per heavy atom. The zero-order chi connectivity index (χ0) is 16.9. The first-order valence-electron chi connectivity index (χ1n) is 5.99. The predicted molar refractivity (Wildman–Crippen MR) is 74.4 cm³/mol. The number of benzene rings is 1. The van der Waals surface area contributed by atoms with Gasteiger partial charge in [-0.15, -0.1) is 0 Å². The Morgan fingerprint density at radius 1 is 1.09 bits per heavy atom. The summed E-state index contributed by atoms with van der Waals surface area (Å²) in [6.45, 7) is 4.33. The lowest BCUT2D eigenvalue weighted by Crippen LogP contribution is -1.96. The Balaban J connectivity index is 3.40. The molecule has 120 valence electrons. The van der Waals surface area contributed by atoms with Crippen molar-refractivity contribution >= 4 is 5.57 Å². The smallest absolute Gasteiger partial charge is 0.189 e. The Hall–Kier alpha value is -2.44. The molecule has 0 saturated heterocycles. The predicted octanol–water partition coefficient (Wildman–Crippen LogP) is 5.00. The van der Waals surface area contributed by atoms with Crippen molar-refractivity contribution in [1.82, 2.24) is 0 Å². The van der Waals surface area contributed by atoms with Crippen molar-refractivity contribution in [2.45, 2.75) is 6.92 Å². The highest BCUT2D eigenvalue weighted by Gasteiger charge is 2.17. The van der Waals surface area contributed by atoms with E-state index in [2.05, 4.69) is 11.5 Å². The fraction of sp³-hybridized carbons (Fsp3) is 0.200. The minimum atomic E-state index is -1.64. The monoisotopic (exact) mass is 318 g/mol. The normalized spacial score (nSPS) is 12.6. The van der Waals surface area contributed by atoms with E-state index in [1.165, 1.54) is 26.4 Å². The minimum absolute atomic E-state index is 0.0578. The molecule has 0 bridgehead atoms. The summed E-state index contributed by atoms with van der Waals surface area (Å²) in [5.41, 5.74) is 0.0817. The van der Waals surface area contributed by atoms with Gasteiger partial charge in [-0.05, 0) is 18.6 Å². The second kappa shape index (κ2) is 7.53. The van der Waals surface area contributed by atoms with Gasteiger partial charge in [0.05, 0.1) is 19.8 Å². The summed E-state index contributed by atoms with van der Waals surface area (Å²) in [4.78, 5) is 3.59. The van der Waals surface area contributed by atoms with Gasteiger partial charge in [0.2, 0.25) is 0 Å². The molecule has 0 heterocycles. The third-order valence-corrected chi connectivity index (χ3v) is 2.70. The summed E-state index contributed by atoms with van der Waals surface area (Å²) in [7, 11) is 2.56. The first kappa shape index (κ1) is 17.6. The van der Waals surface area contributed by atoms with Crippen LogP contribution in [0.5, 0.6) is 17.2 Å². The van der Waals surface area contributed by atoms with Crippen LogP contribution in [0.3, 0.4) is 0 Å². The molecule has 1 aromatic rings. The first-order valence-corrected chi connectivity index (χ1v) is 5.99. The Labute approximate surface area is 125 Å². The van der Waals surface area contributed by atoms with Crippen molar-refractivity contribution < 1.29 is 32.1 Å². The summed E-state index contributed by atoms with van der Waals surface area (Å²) in [5, 5.41) is 0. The lowest BCUT2D eigenvalue weighted by atomic mass is 10.0. The van der Waals surface area contributed by atoms with E-state index in [0.717, 1.165) is 6.92 Å². The molecule has 0 aromatic heterocycles. The van der Waals surface area contributed by atoms with Gasteiger partial charge in [-0.3, -0.25) is 4.94 Å². The molecule has 0 radical (unpaired) electrons. The number of allylic oxidation sites excluding steroid dienone is 5. The molecule has 0 amide bonds. The zero-order valence-corrected chi connectivity index (χ0v) is 12.2. The molecule has 3 nitrogen and oxygen atoms in total. The largest absolute Gasteiger partial charge is 0.496 e. The van der Waals surface area contributed by atoms with Crippen LogP contribution in [-0.2, 0) is 0 Å². The van der Waals surface area contributed by atoms with Crippen molar-refractivity contribution in [3.05, 3.63) is 47.8 Å². The fourth-order valence-electron chi connectivity index (χ4n) is 1.70.